The number of unbranched alkanes of at least 4 members (excludes halogenated alkanes) is 1. The lowest BCUT2D eigenvalue weighted by atomic mass is 9.91. The summed E-state index contributed by atoms with van der Waals surface area (Å²) in [5.41, 5.74) is 1.94. The highest BCUT2D eigenvalue weighted by molar-refractivity contribution is 5.81. The van der Waals surface area contributed by atoms with Crippen molar-refractivity contribution >= 4 is 11.9 Å². The summed E-state index contributed by atoms with van der Waals surface area (Å²) in [5.74, 6) is -0.989. The van der Waals surface area contributed by atoms with Crippen LogP contribution < -0.4 is 0 Å². The molecule has 2 N–H and O–H groups in total. The molecule has 1 saturated heterocycles. The van der Waals surface area contributed by atoms with Gasteiger partial charge in [0.15, 0.2) is 0 Å². The minimum atomic E-state index is -0.919. The molecule has 1 aliphatic heterocycles. The van der Waals surface area contributed by atoms with E-state index in [0.29, 0.717) is 5.92 Å². The quantitative estimate of drug-likeness (QED) is 0.279. The standard InChI is InChI=1S/C18H28O5/c1-12(8-13(2)9-14(3)10-17(20)21)6-4-5-7-16-15(11-19)18(22)23-16/h9-10,12,15-16,19H,4-8,11H2,1-3H3,(H,20,21)/t12-,15+,16+/m1/s1. The lowest BCUT2D eigenvalue weighted by molar-refractivity contribution is -0.189. The molecule has 0 aromatic heterocycles. The van der Waals surface area contributed by atoms with Crippen LogP contribution in [0.25, 0.3) is 0 Å². The van der Waals surface area contributed by atoms with E-state index in [9.17, 15) is 9.59 Å². The Bertz CT molecular complexity index is 478. The second kappa shape index (κ2) is 9.50. The maximum absolute atomic E-state index is 11.1. The zero-order valence-electron chi connectivity index (χ0n) is 14.2. The highest BCUT2D eigenvalue weighted by Gasteiger charge is 2.41. The Labute approximate surface area is 138 Å². The third kappa shape index (κ3) is 6.99. The minimum absolute atomic E-state index is 0.103. The van der Waals surface area contributed by atoms with Gasteiger partial charge in [0, 0.05) is 6.08 Å². The first-order valence-corrected chi connectivity index (χ1v) is 8.23. The topological polar surface area (TPSA) is 83.8 Å². The Morgan fingerprint density at radius 2 is 2.00 bits per heavy atom. The first-order valence-electron chi connectivity index (χ1n) is 8.23. The number of esters is 1. The zero-order chi connectivity index (χ0) is 17.4. The van der Waals surface area contributed by atoms with Crippen LogP contribution in [-0.2, 0) is 14.3 Å². The third-order valence-corrected chi connectivity index (χ3v) is 4.15. The van der Waals surface area contributed by atoms with Crippen LogP contribution in [0.5, 0.6) is 0 Å². The minimum Gasteiger partial charge on any atom is -0.478 e. The molecule has 5 nitrogen and oxygen atoms in total. The highest BCUT2D eigenvalue weighted by Crippen LogP contribution is 2.27. The van der Waals surface area contributed by atoms with E-state index in [1.807, 2.05) is 13.0 Å². The van der Waals surface area contributed by atoms with Crippen LogP contribution in [-0.4, -0.2) is 34.9 Å². The van der Waals surface area contributed by atoms with E-state index < -0.39 is 5.97 Å². The van der Waals surface area contributed by atoms with Gasteiger partial charge in [-0.3, -0.25) is 4.79 Å². The normalized spacial score (nSPS) is 23.2. The highest BCUT2D eigenvalue weighted by atomic mass is 16.6. The molecule has 0 aliphatic carbocycles. The van der Waals surface area contributed by atoms with Crippen molar-refractivity contribution in [2.24, 2.45) is 11.8 Å². The van der Waals surface area contributed by atoms with Gasteiger partial charge in [0.2, 0.25) is 0 Å². The summed E-state index contributed by atoms with van der Waals surface area (Å²) in [4.78, 5) is 21.6. The fourth-order valence-corrected chi connectivity index (χ4v) is 3.02. The van der Waals surface area contributed by atoms with E-state index in [0.717, 1.165) is 37.7 Å². The van der Waals surface area contributed by atoms with E-state index in [4.69, 9.17) is 14.9 Å². The number of aliphatic hydroxyl groups excluding tert-OH is 1. The predicted molar refractivity (Wildman–Crippen MR) is 87.9 cm³/mol. The Morgan fingerprint density at radius 3 is 2.57 bits per heavy atom. The van der Waals surface area contributed by atoms with Gasteiger partial charge in [0.1, 0.15) is 12.0 Å². The SMILES string of the molecule is CC(=CC(=O)O)C=C(C)C[C@H](C)CCCC[C@@H]1OC(=O)[C@H]1CO. The Kier molecular flexibility index (Phi) is 8.03. The van der Waals surface area contributed by atoms with E-state index in [-0.39, 0.29) is 24.6 Å². The largest absolute Gasteiger partial charge is 0.478 e. The van der Waals surface area contributed by atoms with Crippen molar-refractivity contribution < 1.29 is 24.5 Å². The van der Waals surface area contributed by atoms with Crippen LogP contribution in [0.3, 0.4) is 0 Å². The van der Waals surface area contributed by atoms with Crippen molar-refractivity contribution in [2.45, 2.75) is 59.0 Å². The van der Waals surface area contributed by atoms with Gasteiger partial charge in [0.05, 0.1) is 6.61 Å². The molecule has 0 spiro atoms. The molecule has 0 amide bonds. The Hall–Kier alpha value is -1.62. The molecule has 5 heteroatoms. The molecule has 0 aromatic carbocycles. The van der Waals surface area contributed by atoms with E-state index in [1.54, 1.807) is 6.92 Å². The Morgan fingerprint density at radius 1 is 1.30 bits per heavy atom. The number of carbonyl (C=O) groups excluding carboxylic acids is 1. The van der Waals surface area contributed by atoms with Gasteiger partial charge in [-0.1, -0.05) is 31.4 Å². The van der Waals surface area contributed by atoms with Crippen molar-refractivity contribution in [3.63, 3.8) is 0 Å². The molecule has 0 unspecified atom stereocenters. The van der Waals surface area contributed by atoms with Gasteiger partial charge >= 0.3 is 11.9 Å². The van der Waals surface area contributed by atoms with E-state index >= 15 is 0 Å². The first-order chi connectivity index (χ1) is 10.8. The van der Waals surface area contributed by atoms with E-state index in [2.05, 4.69) is 6.92 Å². The number of hydrogen-bond acceptors (Lipinski definition) is 4. The number of allylic oxidation sites excluding steroid dienone is 3. The maximum Gasteiger partial charge on any atom is 0.328 e. The van der Waals surface area contributed by atoms with Crippen molar-refractivity contribution in [1.82, 2.24) is 0 Å². The fourth-order valence-electron chi connectivity index (χ4n) is 3.02. The third-order valence-electron chi connectivity index (χ3n) is 4.15. The Balaban J connectivity index is 2.21. The predicted octanol–water partition coefficient (Wildman–Crippen LogP) is 3.08. The van der Waals surface area contributed by atoms with Crippen molar-refractivity contribution in [2.75, 3.05) is 6.61 Å². The molecule has 1 fully saturated rings. The molecule has 1 heterocycles. The summed E-state index contributed by atoms with van der Waals surface area (Å²) in [6.07, 6.45) is 7.92. The van der Waals surface area contributed by atoms with Gasteiger partial charge in [0.25, 0.3) is 0 Å². The van der Waals surface area contributed by atoms with Crippen LogP contribution in [0.2, 0.25) is 0 Å². The zero-order valence-corrected chi connectivity index (χ0v) is 14.2. The molecule has 0 radical (unpaired) electrons. The van der Waals surface area contributed by atoms with Crippen molar-refractivity contribution in [1.29, 1.82) is 0 Å². The smallest absolute Gasteiger partial charge is 0.328 e. The lowest BCUT2D eigenvalue weighted by Gasteiger charge is -2.33. The summed E-state index contributed by atoms with van der Waals surface area (Å²) in [6.45, 7) is 5.88. The summed E-state index contributed by atoms with van der Waals surface area (Å²) >= 11 is 0. The van der Waals surface area contributed by atoms with Crippen LogP contribution in [0.1, 0.15) is 52.9 Å². The van der Waals surface area contributed by atoms with Gasteiger partial charge in [-0.25, -0.2) is 4.79 Å². The number of aliphatic carboxylic acids is 1. The maximum atomic E-state index is 11.1. The summed E-state index contributed by atoms with van der Waals surface area (Å²) < 4.78 is 5.03. The molecule has 1 aliphatic rings. The fraction of sp³-hybridized carbons (Fsp3) is 0.667. The summed E-state index contributed by atoms with van der Waals surface area (Å²) in [7, 11) is 0. The van der Waals surface area contributed by atoms with Crippen LogP contribution >= 0.6 is 0 Å². The average molecular weight is 324 g/mol. The molecule has 23 heavy (non-hydrogen) atoms. The summed E-state index contributed by atoms with van der Waals surface area (Å²) in [6, 6.07) is 0. The second-order valence-corrected chi connectivity index (χ2v) is 6.58. The number of hydrogen-bond donors (Lipinski definition) is 2. The molecule has 0 saturated carbocycles. The number of carbonyl (C=O) groups is 2. The van der Waals surface area contributed by atoms with E-state index in [1.165, 1.54) is 11.6 Å². The van der Waals surface area contributed by atoms with Crippen molar-refractivity contribution in [3.8, 4) is 0 Å². The molecular weight excluding hydrogens is 296 g/mol. The number of cyclic esters (lactones) is 1. The van der Waals surface area contributed by atoms with Gasteiger partial charge < -0.3 is 14.9 Å². The van der Waals surface area contributed by atoms with Crippen LogP contribution in [0, 0.1) is 11.8 Å². The lowest BCUT2D eigenvalue weighted by Crippen LogP contribution is -2.47. The monoisotopic (exact) mass is 324 g/mol. The number of rotatable bonds is 10. The second-order valence-electron chi connectivity index (χ2n) is 6.58. The van der Waals surface area contributed by atoms with Crippen LogP contribution in [0.4, 0.5) is 0 Å². The number of ether oxygens (including phenoxy) is 1. The molecule has 0 bridgehead atoms. The molecule has 0 aromatic rings. The average Bonchev–Trinajstić information content (AvgIpc) is 2.40. The molecular formula is C18H28O5. The molecule has 130 valence electrons. The van der Waals surface area contributed by atoms with Gasteiger partial charge in [-0.2, -0.15) is 0 Å². The number of carboxylic acid groups (broad SMARTS) is 1. The van der Waals surface area contributed by atoms with Gasteiger partial charge in [-0.15, -0.1) is 0 Å². The molecule has 1 rings (SSSR count). The summed E-state index contributed by atoms with van der Waals surface area (Å²) in [5, 5.41) is 17.7. The number of carboxylic acids is 1. The first kappa shape index (κ1) is 19.4. The van der Waals surface area contributed by atoms with Crippen LogP contribution in [0.15, 0.2) is 23.3 Å². The molecule has 3 atom stereocenters. The van der Waals surface area contributed by atoms with Crippen molar-refractivity contribution in [3.05, 3.63) is 23.3 Å². The number of aliphatic hydroxyl groups is 1. The van der Waals surface area contributed by atoms with Gasteiger partial charge in [-0.05, 0) is 44.6 Å².